The fourth-order valence-electron chi connectivity index (χ4n) is 2.21. The van der Waals surface area contributed by atoms with E-state index < -0.39 is 0 Å². The molecule has 4 nitrogen and oxygen atoms in total. The Balaban J connectivity index is 1.68. The molecule has 0 aliphatic rings. The first-order chi connectivity index (χ1) is 10.7. The van der Waals surface area contributed by atoms with E-state index in [-0.39, 0.29) is 5.91 Å². The van der Waals surface area contributed by atoms with Crippen LogP contribution in [0.1, 0.15) is 27.3 Å². The Labute approximate surface area is 129 Å². The summed E-state index contributed by atoms with van der Waals surface area (Å²) in [6.07, 6.45) is 0.728. The number of H-pyrrole nitrogens is 1. The lowest BCUT2D eigenvalue weighted by Gasteiger charge is -2.01. The number of carbonyl (C=O) groups excluding carboxylic acids is 1. The van der Waals surface area contributed by atoms with E-state index >= 15 is 0 Å². The second-order valence-electron chi connectivity index (χ2n) is 5.26. The zero-order valence-electron chi connectivity index (χ0n) is 12.3. The van der Waals surface area contributed by atoms with E-state index in [0.29, 0.717) is 5.69 Å². The maximum atomic E-state index is 12.1. The molecule has 0 bridgehead atoms. The third kappa shape index (κ3) is 3.41. The van der Waals surface area contributed by atoms with Gasteiger partial charge in [0.05, 0.1) is 0 Å². The number of nitrogens with one attached hydrogen (secondary N) is 2. The predicted molar refractivity (Wildman–Crippen MR) is 87.0 cm³/mol. The van der Waals surface area contributed by atoms with E-state index in [9.17, 15) is 4.79 Å². The first kappa shape index (κ1) is 14.1. The number of rotatable bonds is 4. The topological polar surface area (TPSA) is 57.8 Å². The molecule has 2 N–H and O–H groups in total. The quantitative estimate of drug-likeness (QED) is 0.772. The van der Waals surface area contributed by atoms with Crippen LogP contribution in [0.25, 0.3) is 0 Å². The molecule has 4 heteroatoms. The summed E-state index contributed by atoms with van der Waals surface area (Å²) < 4.78 is 0. The van der Waals surface area contributed by atoms with Gasteiger partial charge >= 0.3 is 0 Å². The van der Waals surface area contributed by atoms with Crippen LogP contribution < -0.4 is 5.32 Å². The molecular formula is C18H17N3O. The summed E-state index contributed by atoms with van der Waals surface area (Å²) in [6, 6.07) is 19.5. The highest BCUT2D eigenvalue weighted by Crippen LogP contribution is 2.12. The SMILES string of the molecule is Cc1ccc(Cc2cc(C(=O)Nc3ccccc3)n[nH]2)cc1. The van der Waals surface area contributed by atoms with E-state index in [0.717, 1.165) is 17.8 Å². The Kier molecular flexibility index (Phi) is 4.01. The molecule has 22 heavy (non-hydrogen) atoms. The van der Waals surface area contributed by atoms with Crippen LogP contribution in [0.2, 0.25) is 0 Å². The van der Waals surface area contributed by atoms with E-state index in [1.54, 1.807) is 6.07 Å². The van der Waals surface area contributed by atoms with Gasteiger partial charge in [0.1, 0.15) is 0 Å². The smallest absolute Gasteiger partial charge is 0.276 e. The number of carbonyl (C=O) groups is 1. The van der Waals surface area contributed by atoms with Crippen LogP contribution in [0, 0.1) is 6.92 Å². The van der Waals surface area contributed by atoms with Crippen molar-refractivity contribution >= 4 is 11.6 Å². The van der Waals surface area contributed by atoms with E-state index in [1.165, 1.54) is 11.1 Å². The fourth-order valence-corrected chi connectivity index (χ4v) is 2.21. The van der Waals surface area contributed by atoms with Crippen LogP contribution >= 0.6 is 0 Å². The Bertz CT molecular complexity index is 761. The van der Waals surface area contributed by atoms with Gasteiger partial charge in [0, 0.05) is 17.8 Å². The number of nitrogens with zero attached hydrogens (tertiary/aromatic N) is 1. The molecule has 2 aromatic carbocycles. The van der Waals surface area contributed by atoms with E-state index in [2.05, 4.69) is 46.7 Å². The lowest BCUT2D eigenvalue weighted by molar-refractivity contribution is 0.102. The summed E-state index contributed by atoms with van der Waals surface area (Å²) in [4.78, 5) is 12.1. The zero-order valence-corrected chi connectivity index (χ0v) is 12.3. The highest BCUT2D eigenvalue weighted by Gasteiger charge is 2.10. The van der Waals surface area contributed by atoms with Gasteiger partial charge in [-0.15, -0.1) is 0 Å². The Morgan fingerprint density at radius 3 is 2.55 bits per heavy atom. The Hall–Kier alpha value is -2.88. The van der Waals surface area contributed by atoms with Gasteiger partial charge in [-0.1, -0.05) is 48.0 Å². The number of aryl methyl sites for hydroxylation is 1. The molecule has 3 rings (SSSR count). The minimum absolute atomic E-state index is 0.211. The summed E-state index contributed by atoms with van der Waals surface area (Å²) in [5.41, 5.74) is 4.49. The van der Waals surface area contributed by atoms with Gasteiger partial charge in [0.2, 0.25) is 0 Å². The maximum absolute atomic E-state index is 12.1. The molecule has 1 amide bonds. The lowest BCUT2D eigenvalue weighted by Crippen LogP contribution is -2.12. The van der Waals surface area contributed by atoms with Crippen molar-refractivity contribution in [3.8, 4) is 0 Å². The average Bonchev–Trinajstić information content (AvgIpc) is 2.99. The van der Waals surface area contributed by atoms with Gasteiger partial charge in [0.25, 0.3) is 5.91 Å². The summed E-state index contributed by atoms with van der Waals surface area (Å²) in [5, 5.41) is 9.84. The van der Waals surface area contributed by atoms with Crippen molar-refractivity contribution in [3.63, 3.8) is 0 Å². The lowest BCUT2D eigenvalue weighted by atomic mass is 10.1. The van der Waals surface area contributed by atoms with Crippen molar-refractivity contribution in [1.82, 2.24) is 10.2 Å². The minimum atomic E-state index is -0.211. The molecule has 0 saturated carbocycles. The molecule has 110 valence electrons. The van der Waals surface area contributed by atoms with Crippen molar-refractivity contribution in [2.24, 2.45) is 0 Å². The van der Waals surface area contributed by atoms with Crippen LogP contribution in [0.15, 0.2) is 60.7 Å². The molecule has 0 aliphatic carbocycles. The van der Waals surface area contributed by atoms with E-state index in [1.807, 2.05) is 30.3 Å². The van der Waals surface area contributed by atoms with Crippen LogP contribution in [0.4, 0.5) is 5.69 Å². The Morgan fingerprint density at radius 1 is 1.09 bits per heavy atom. The monoisotopic (exact) mass is 291 g/mol. The van der Waals surface area contributed by atoms with Gasteiger partial charge in [0.15, 0.2) is 5.69 Å². The molecule has 1 aromatic heterocycles. The highest BCUT2D eigenvalue weighted by atomic mass is 16.1. The molecule has 0 unspecified atom stereocenters. The molecule has 0 fully saturated rings. The van der Waals surface area contributed by atoms with Gasteiger partial charge in [-0.25, -0.2) is 0 Å². The second-order valence-corrected chi connectivity index (χ2v) is 5.26. The first-order valence-electron chi connectivity index (χ1n) is 7.17. The number of amides is 1. The van der Waals surface area contributed by atoms with Crippen LogP contribution in [-0.4, -0.2) is 16.1 Å². The van der Waals surface area contributed by atoms with Crippen LogP contribution in [0.5, 0.6) is 0 Å². The predicted octanol–water partition coefficient (Wildman–Crippen LogP) is 3.56. The van der Waals surface area contributed by atoms with Crippen molar-refractivity contribution in [1.29, 1.82) is 0 Å². The molecule has 0 atom stereocenters. The van der Waals surface area contributed by atoms with Crippen molar-refractivity contribution in [2.45, 2.75) is 13.3 Å². The van der Waals surface area contributed by atoms with Gasteiger partial charge in [-0.05, 0) is 30.7 Å². The van der Waals surface area contributed by atoms with Gasteiger partial charge in [-0.3, -0.25) is 9.89 Å². The van der Waals surface area contributed by atoms with E-state index in [4.69, 9.17) is 0 Å². The number of aromatic amines is 1. The molecule has 0 aliphatic heterocycles. The Morgan fingerprint density at radius 2 is 1.82 bits per heavy atom. The molecular weight excluding hydrogens is 274 g/mol. The second kappa shape index (κ2) is 6.26. The number of aromatic nitrogens is 2. The number of benzene rings is 2. The normalized spacial score (nSPS) is 10.4. The summed E-state index contributed by atoms with van der Waals surface area (Å²) in [7, 11) is 0. The maximum Gasteiger partial charge on any atom is 0.276 e. The molecule has 0 saturated heterocycles. The number of hydrogen-bond donors (Lipinski definition) is 2. The van der Waals surface area contributed by atoms with Crippen molar-refractivity contribution < 1.29 is 4.79 Å². The largest absolute Gasteiger partial charge is 0.321 e. The molecule has 3 aromatic rings. The molecule has 1 heterocycles. The molecule has 0 radical (unpaired) electrons. The third-order valence-electron chi connectivity index (χ3n) is 3.41. The number of para-hydroxylation sites is 1. The first-order valence-corrected chi connectivity index (χ1v) is 7.17. The van der Waals surface area contributed by atoms with Crippen molar-refractivity contribution in [2.75, 3.05) is 5.32 Å². The van der Waals surface area contributed by atoms with Gasteiger partial charge in [-0.2, -0.15) is 5.10 Å². The van der Waals surface area contributed by atoms with Crippen LogP contribution in [-0.2, 0) is 6.42 Å². The summed E-state index contributed by atoms with van der Waals surface area (Å²) in [6.45, 7) is 2.06. The summed E-state index contributed by atoms with van der Waals surface area (Å²) >= 11 is 0. The minimum Gasteiger partial charge on any atom is -0.321 e. The van der Waals surface area contributed by atoms with Gasteiger partial charge < -0.3 is 5.32 Å². The number of anilines is 1. The number of hydrogen-bond acceptors (Lipinski definition) is 2. The third-order valence-corrected chi connectivity index (χ3v) is 3.41. The standard InChI is InChI=1S/C18H17N3O/c1-13-7-9-14(10-8-13)11-16-12-17(21-20-16)18(22)19-15-5-3-2-4-6-15/h2-10,12H,11H2,1H3,(H,19,22)(H,20,21). The zero-order chi connectivity index (χ0) is 15.4. The average molecular weight is 291 g/mol. The summed E-state index contributed by atoms with van der Waals surface area (Å²) in [5.74, 6) is -0.211. The van der Waals surface area contributed by atoms with Crippen molar-refractivity contribution in [3.05, 3.63) is 83.2 Å². The highest BCUT2D eigenvalue weighted by molar-refractivity contribution is 6.02. The van der Waals surface area contributed by atoms with Crippen LogP contribution in [0.3, 0.4) is 0 Å². The molecule has 0 spiro atoms. The fraction of sp³-hybridized carbons (Fsp3) is 0.111.